The SMILES string of the molecule is CCC[C@@H](N)C(=O)NCC(O)CC(C)(C)C. The molecule has 2 atom stereocenters. The fraction of sp³-hybridized carbons (Fsp3) is 0.917. The minimum Gasteiger partial charge on any atom is -0.391 e. The Morgan fingerprint density at radius 1 is 1.44 bits per heavy atom. The standard InChI is InChI=1S/C12H26N2O2/c1-5-6-10(13)11(16)14-8-9(15)7-12(2,3)4/h9-10,15H,5-8,13H2,1-4H3,(H,14,16)/t9?,10-/m1/s1. The van der Waals surface area contributed by atoms with Crippen LogP contribution in [-0.2, 0) is 4.79 Å². The molecule has 1 unspecified atom stereocenters. The van der Waals surface area contributed by atoms with E-state index in [1.54, 1.807) is 0 Å². The van der Waals surface area contributed by atoms with Crippen LogP contribution in [0.25, 0.3) is 0 Å². The van der Waals surface area contributed by atoms with Crippen LogP contribution in [0, 0.1) is 5.41 Å². The number of hydrogen-bond donors (Lipinski definition) is 3. The van der Waals surface area contributed by atoms with Crippen LogP contribution in [0.15, 0.2) is 0 Å². The smallest absolute Gasteiger partial charge is 0.237 e. The van der Waals surface area contributed by atoms with Gasteiger partial charge in [-0.1, -0.05) is 34.1 Å². The molecule has 4 N–H and O–H groups in total. The van der Waals surface area contributed by atoms with Crippen molar-refractivity contribution >= 4 is 5.91 Å². The number of nitrogens with one attached hydrogen (secondary N) is 1. The zero-order valence-corrected chi connectivity index (χ0v) is 10.9. The first kappa shape index (κ1) is 15.4. The van der Waals surface area contributed by atoms with Crippen molar-refractivity contribution in [3.05, 3.63) is 0 Å². The average Bonchev–Trinajstić information content (AvgIpc) is 2.11. The summed E-state index contributed by atoms with van der Waals surface area (Å²) in [5.74, 6) is -0.171. The number of nitrogens with two attached hydrogens (primary N) is 1. The Balaban J connectivity index is 3.83. The lowest BCUT2D eigenvalue weighted by Gasteiger charge is -2.23. The maximum atomic E-state index is 11.5. The van der Waals surface area contributed by atoms with Crippen LogP contribution in [0.5, 0.6) is 0 Å². The highest BCUT2D eigenvalue weighted by atomic mass is 16.3. The fourth-order valence-electron chi connectivity index (χ4n) is 1.57. The molecule has 0 aliphatic carbocycles. The van der Waals surface area contributed by atoms with Gasteiger partial charge in [0.15, 0.2) is 0 Å². The van der Waals surface area contributed by atoms with E-state index in [9.17, 15) is 9.90 Å². The minimum atomic E-state index is -0.502. The molecular formula is C12H26N2O2. The van der Waals surface area contributed by atoms with Crippen molar-refractivity contribution in [2.24, 2.45) is 11.1 Å². The Morgan fingerprint density at radius 3 is 2.44 bits per heavy atom. The summed E-state index contributed by atoms with van der Waals surface area (Å²) in [4.78, 5) is 11.5. The average molecular weight is 230 g/mol. The van der Waals surface area contributed by atoms with E-state index >= 15 is 0 Å². The molecule has 0 fully saturated rings. The summed E-state index contributed by atoms with van der Waals surface area (Å²) in [5.41, 5.74) is 5.71. The van der Waals surface area contributed by atoms with Crippen molar-refractivity contribution in [2.75, 3.05) is 6.54 Å². The van der Waals surface area contributed by atoms with Gasteiger partial charge in [0.2, 0.25) is 5.91 Å². The number of rotatable bonds is 6. The highest BCUT2D eigenvalue weighted by Gasteiger charge is 2.18. The van der Waals surface area contributed by atoms with Crippen molar-refractivity contribution in [1.82, 2.24) is 5.32 Å². The van der Waals surface area contributed by atoms with Gasteiger partial charge in [0.25, 0.3) is 0 Å². The van der Waals surface area contributed by atoms with Crippen molar-refractivity contribution in [2.45, 2.75) is 59.1 Å². The van der Waals surface area contributed by atoms with Gasteiger partial charge in [-0.2, -0.15) is 0 Å². The first-order valence-corrected chi connectivity index (χ1v) is 5.97. The third-order valence-electron chi connectivity index (χ3n) is 2.30. The van der Waals surface area contributed by atoms with E-state index in [1.165, 1.54) is 0 Å². The molecule has 0 spiro atoms. The molecule has 0 aromatic rings. The molecule has 0 saturated carbocycles. The van der Waals surface area contributed by atoms with Gasteiger partial charge in [0, 0.05) is 6.54 Å². The van der Waals surface area contributed by atoms with Crippen molar-refractivity contribution < 1.29 is 9.90 Å². The van der Waals surface area contributed by atoms with E-state index in [-0.39, 0.29) is 17.9 Å². The highest BCUT2D eigenvalue weighted by Crippen LogP contribution is 2.20. The lowest BCUT2D eigenvalue weighted by molar-refractivity contribution is -0.123. The number of amides is 1. The summed E-state index contributed by atoms with van der Waals surface area (Å²) in [6.45, 7) is 8.44. The third-order valence-corrected chi connectivity index (χ3v) is 2.30. The highest BCUT2D eigenvalue weighted by molar-refractivity contribution is 5.81. The molecule has 4 nitrogen and oxygen atoms in total. The summed E-state index contributed by atoms with van der Waals surface area (Å²) in [6, 6.07) is -0.452. The van der Waals surface area contributed by atoms with Crippen LogP contribution in [0.3, 0.4) is 0 Å². The van der Waals surface area contributed by atoms with E-state index in [2.05, 4.69) is 26.1 Å². The Morgan fingerprint density at radius 2 is 2.00 bits per heavy atom. The fourth-order valence-corrected chi connectivity index (χ4v) is 1.57. The summed E-state index contributed by atoms with van der Waals surface area (Å²) in [6.07, 6.45) is 1.73. The topological polar surface area (TPSA) is 75.4 Å². The Labute approximate surface area is 98.6 Å². The quantitative estimate of drug-likeness (QED) is 0.638. The molecule has 0 bridgehead atoms. The van der Waals surface area contributed by atoms with Crippen molar-refractivity contribution in [3.8, 4) is 0 Å². The van der Waals surface area contributed by atoms with Gasteiger partial charge in [-0.05, 0) is 18.3 Å². The van der Waals surface area contributed by atoms with Crippen molar-refractivity contribution in [3.63, 3.8) is 0 Å². The van der Waals surface area contributed by atoms with E-state index < -0.39 is 12.1 Å². The molecule has 0 aromatic heterocycles. The maximum absolute atomic E-state index is 11.5. The molecule has 0 aliphatic rings. The first-order valence-electron chi connectivity index (χ1n) is 5.97. The Hall–Kier alpha value is -0.610. The second kappa shape index (κ2) is 6.86. The number of aliphatic hydroxyl groups excluding tert-OH is 1. The molecule has 0 rings (SSSR count). The lowest BCUT2D eigenvalue weighted by atomic mass is 9.89. The zero-order valence-electron chi connectivity index (χ0n) is 10.9. The van der Waals surface area contributed by atoms with E-state index in [0.29, 0.717) is 12.8 Å². The second-order valence-corrected chi connectivity index (χ2v) is 5.56. The van der Waals surface area contributed by atoms with Gasteiger partial charge >= 0.3 is 0 Å². The molecule has 0 radical (unpaired) electrons. The third kappa shape index (κ3) is 7.65. The van der Waals surface area contributed by atoms with Gasteiger partial charge in [-0.25, -0.2) is 0 Å². The van der Waals surface area contributed by atoms with Crippen LogP contribution >= 0.6 is 0 Å². The largest absolute Gasteiger partial charge is 0.391 e. The van der Waals surface area contributed by atoms with Gasteiger partial charge in [0.05, 0.1) is 12.1 Å². The predicted octanol–water partition coefficient (Wildman–Crippen LogP) is 1.03. The summed E-state index contributed by atoms with van der Waals surface area (Å²) >= 11 is 0. The Kier molecular flexibility index (Phi) is 6.60. The van der Waals surface area contributed by atoms with Crippen LogP contribution in [0.4, 0.5) is 0 Å². The summed E-state index contributed by atoms with van der Waals surface area (Å²) in [7, 11) is 0. The van der Waals surface area contributed by atoms with E-state index in [0.717, 1.165) is 6.42 Å². The molecule has 16 heavy (non-hydrogen) atoms. The van der Waals surface area contributed by atoms with Gasteiger partial charge < -0.3 is 16.2 Å². The van der Waals surface area contributed by atoms with Gasteiger partial charge in [0.1, 0.15) is 0 Å². The predicted molar refractivity (Wildman–Crippen MR) is 66.0 cm³/mol. The molecule has 4 heteroatoms. The Bertz CT molecular complexity index is 212. The summed E-state index contributed by atoms with van der Waals surface area (Å²) in [5, 5.41) is 12.4. The second-order valence-electron chi connectivity index (χ2n) is 5.56. The number of carbonyl (C=O) groups is 1. The van der Waals surface area contributed by atoms with E-state index in [1.807, 2.05) is 6.92 Å². The molecule has 0 saturated heterocycles. The molecule has 0 heterocycles. The number of aliphatic hydroxyl groups is 1. The minimum absolute atomic E-state index is 0.0652. The molecule has 0 aliphatic heterocycles. The van der Waals surface area contributed by atoms with Gasteiger partial charge in [-0.3, -0.25) is 4.79 Å². The number of carbonyl (C=O) groups excluding carboxylic acids is 1. The van der Waals surface area contributed by atoms with Crippen LogP contribution in [0.1, 0.15) is 47.0 Å². The van der Waals surface area contributed by atoms with Gasteiger partial charge in [-0.15, -0.1) is 0 Å². The summed E-state index contributed by atoms with van der Waals surface area (Å²) < 4.78 is 0. The van der Waals surface area contributed by atoms with Crippen molar-refractivity contribution in [1.29, 1.82) is 0 Å². The van der Waals surface area contributed by atoms with Crippen LogP contribution in [0.2, 0.25) is 0 Å². The number of hydrogen-bond acceptors (Lipinski definition) is 3. The first-order chi connectivity index (χ1) is 7.26. The molecule has 0 aromatic carbocycles. The van der Waals surface area contributed by atoms with E-state index in [4.69, 9.17) is 5.73 Å². The lowest BCUT2D eigenvalue weighted by Crippen LogP contribution is -2.43. The van der Waals surface area contributed by atoms with Crippen LogP contribution in [-0.4, -0.2) is 29.7 Å². The normalized spacial score (nSPS) is 15.6. The monoisotopic (exact) mass is 230 g/mol. The maximum Gasteiger partial charge on any atom is 0.237 e. The molecule has 96 valence electrons. The van der Waals surface area contributed by atoms with Crippen LogP contribution < -0.4 is 11.1 Å². The molecular weight excluding hydrogens is 204 g/mol. The zero-order chi connectivity index (χ0) is 12.8. The molecule has 1 amide bonds.